The Labute approximate surface area is 103 Å². The van der Waals surface area contributed by atoms with Gasteiger partial charge in [0.15, 0.2) is 0 Å². The lowest BCUT2D eigenvalue weighted by Gasteiger charge is -2.31. The van der Waals surface area contributed by atoms with Gasteiger partial charge < -0.3 is 15.4 Å². The molecule has 0 aromatic rings. The third-order valence-electron chi connectivity index (χ3n) is 3.92. The summed E-state index contributed by atoms with van der Waals surface area (Å²) in [5.74, 6) is 0.744. The molecule has 2 aliphatic heterocycles. The van der Waals surface area contributed by atoms with Crippen LogP contribution in [0.4, 0.5) is 0 Å². The molecule has 1 amide bonds. The summed E-state index contributed by atoms with van der Waals surface area (Å²) in [6, 6.07) is 0.721. The minimum absolute atomic E-state index is 0.220. The van der Waals surface area contributed by atoms with E-state index >= 15 is 0 Å². The van der Waals surface area contributed by atoms with Crippen molar-refractivity contribution in [2.45, 2.75) is 51.1 Å². The van der Waals surface area contributed by atoms with Gasteiger partial charge in [0.05, 0.1) is 0 Å². The third-order valence-corrected chi connectivity index (χ3v) is 3.92. The first-order valence-electron chi connectivity index (χ1n) is 6.86. The number of carbonyl (C=O) groups is 1. The van der Waals surface area contributed by atoms with E-state index < -0.39 is 0 Å². The maximum absolute atomic E-state index is 11.9. The Balaban J connectivity index is 1.72. The lowest BCUT2D eigenvalue weighted by Crippen LogP contribution is -2.52. The van der Waals surface area contributed by atoms with Crippen molar-refractivity contribution in [3.8, 4) is 0 Å². The summed E-state index contributed by atoms with van der Waals surface area (Å²) < 4.78 is 5.31. The monoisotopic (exact) mass is 240 g/mol. The highest BCUT2D eigenvalue weighted by molar-refractivity contribution is 5.76. The first-order chi connectivity index (χ1) is 8.25. The first kappa shape index (κ1) is 12.8. The smallest absolute Gasteiger partial charge is 0.220 e. The molecule has 4 heteroatoms. The summed E-state index contributed by atoms with van der Waals surface area (Å²) >= 11 is 0. The Morgan fingerprint density at radius 2 is 2.12 bits per heavy atom. The van der Waals surface area contributed by atoms with Crippen LogP contribution < -0.4 is 10.6 Å². The Morgan fingerprint density at radius 3 is 2.82 bits per heavy atom. The van der Waals surface area contributed by atoms with Crippen molar-refractivity contribution in [2.24, 2.45) is 5.92 Å². The van der Waals surface area contributed by atoms with Crippen LogP contribution in [0.25, 0.3) is 0 Å². The second-order valence-corrected chi connectivity index (χ2v) is 5.32. The molecule has 0 spiro atoms. The summed E-state index contributed by atoms with van der Waals surface area (Å²) in [7, 11) is 0. The number of hydrogen-bond donors (Lipinski definition) is 2. The van der Waals surface area contributed by atoms with E-state index in [1.165, 1.54) is 0 Å². The molecule has 17 heavy (non-hydrogen) atoms. The molecule has 2 atom stereocenters. The van der Waals surface area contributed by atoms with E-state index in [-0.39, 0.29) is 5.91 Å². The number of ether oxygens (including phenoxy) is 1. The zero-order chi connectivity index (χ0) is 12.1. The molecule has 2 rings (SSSR count). The quantitative estimate of drug-likeness (QED) is 0.775. The molecule has 0 aromatic heterocycles. The molecule has 0 aliphatic carbocycles. The van der Waals surface area contributed by atoms with E-state index in [0.29, 0.717) is 24.4 Å². The van der Waals surface area contributed by atoms with Crippen LogP contribution in [-0.2, 0) is 9.53 Å². The van der Waals surface area contributed by atoms with E-state index in [2.05, 4.69) is 17.6 Å². The first-order valence-corrected chi connectivity index (χ1v) is 6.86. The van der Waals surface area contributed by atoms with Gasteiger partial charge in [0.25, 0.3) is 0 Å². The van der Waals surface area contributed by atoms with E-state index in [1.54, 1.807) is 0 Å². The van der Waals surface area contributed by atoms with Crippen molar-refractivity contribution in [3.63, 3.8) is 0 Å². The highest BCUT2D eigenvalue weighted by Crippen LogP contribution is 2.18. The number of carbonyl (C=O) groups excluding carboxylic acids is 1. The Hall–Kier alpha value is -0.610. The van der Waals surface area contributed by atoms with Gasteiger partial charge in [-0.15, -0.1) is 0 Å². The molecule has 4 nitrogen and oxygen atoms in total. The van der Waals surface area contributed by atoms with E-state index in [4.69, 9.17) is 4.74 Å². The molecule has 2 heterocycles. The fourth-order valence-corrected chi connectivity index (χ4v) is 2.72. The predicted octanol–water partition coefficient (Wildman–Crippen LogP) is 1.06. The molecule has 2 unspecified atom stereocenters. The fraction of sp³-hybridized carbons (Fsp3) is 0.923. The molecule has 2 fully saturated rings. The van der Waals surface area contributed by atoms with Crippen LogP contribution in [0, 0.1) is 5.92 Å². The summed E-state index contributed by atoms with van der Waals surface area (Å²) in [5, 5.41) is 6.58. The Morgan fingerprint density at radius 1 is 1.35 bits per heavy atom. The van der Waals surface area contributed by atoms with Crippen LogP contribution in [0.3, 0.4) is 0 Å². The Kier molecular flexibility index (Phi) is 4.80. The number of amides is 1. The molecule has 0 aromatic carbocycles. The minimum atomic E-state index is 0.220. The van der Waals surface area contributed by atoms with Gasteiger partial charge in [0.2, 0.25) is 5.91 Å². The van der Waals surface area contributed by atoms with Crippen molar-refractivity contribution in [1.82, 2.24) is 10.6 Å². The van der Waals surface area contributed by atoms with Crippen molar-refractivity contribution in [1.29, 1.82) is 0 Å². The number of piperidine rings is 1. The molecule has 2 aliphatic rings. The maximum atomic E-state index is 11.9. The van der Waals surface area contributed by atoms with Crippen LogP contribution >= 0.6 is 0 Å². The van der Waals surface area contributed by atoms with Crippen LogP contribution in [-0.4, -0.2) is 37.7 Å². The Bertz CT molecular complexity index is 252. The maximum Gasteiger partial charge on any atom is 0.220 e. The average Bonchev–Trinajstić information content (AvgIpc) is 2.33. The van der Waals surface area contributed by atoms with Crippen molar-refractivity contribution >= 4 is 5.91 Å². The standard InChI is InChI=1S/C13H24N2O2/c1-10-12(3-2-6-14-10)15-13(16)9-11-4-7-17-8-5-11/h10-12,14H,2-9H2,1H3,(H,15,16). The van der Waals surface area contributed by atoms with E-state index in [9.17, 15) is 4.79 Å². The van der Waals surface area contributed by atoms with E-state index in [1.807, 2.05) is 0 Å². The third kappa shape index (κ3) is 3.96. The molecular weight excluding hydrogens is 216 g/mol. The summed E-state index contributed by atoms with van der Waals surface area (Å²) in [5.41, 5.74) is 0. The number of rotatable bonds is 3. The van der Waals surface area contributed by atoms with Crippen LogP contribution in [0.1, 0.15) is 39.0 Å². The highest BCUT2D eigenvalue weighted by atomic mass is 16.5. The van der Waals surface area contributed by atoms with Gasteiger partial charge in [-0.1, -0.05) is 0 Å². The zero-order valence-electron chi connectivity index (χ0n) is 10.7. The zero-order valence-corrected chi connectivity index (χ0v) is 10.7. The van der Waals surface area contributed by atoms with Gasteiger partial charge in [-0.25, -0.2) is 0 Å². The molecule has 2 N–H and O–H groups in total. The number of hydrogen-bond acceptors (Lipinski definition) is 3. The number of nitrogens with one attached hydrogen (secondary N) is 2. The van der Waals surface area contributed by atoms with Gasteiger partial charge in [-0.2, -0.15) is 0 Å². The lowest BCUT2D eigenvalue weighted by molar-refractivity contribution is -0.123. The second-order valence-electron chi connectivity index (χ2n) is 5.32. The van der Waals surface area contributed by atoms with Gasteiger partial charge in [0.1, 0.15) is 0 Å². The van der Waals surface area contributed by atoms with Gasteiger partial charge in [0, 0.05) is 31.7 Å². The van der Waals surface area contributed by atoms with Gasteiger partial charge >= 0.3 is 0 Å². The average molecular weight is 240 g/mol. The minimum Gasteiger partial charge on any atom is -0.381 e. The summed E-state index contributed by atoms with van der Waals surface area (Å²) in [6.45, 7) is 4.87. The predicted molar refractivity (Wildman–Crippen MR) is 66.8 cm³/mol. The molecule has 0 saturated carbocycles. The molecule has 0 bridgehead atoms. The molecule has 2 saturated heterocycles. The highest BCUT2D eigenvalue weighted by Gasteiger charge is 2.24. The second kappa shape index (κ2) is 6.36. The normalized spacial score (nSPS) is 31.1. The van der Waals surface area contributed by atoms with E-state index in [0.717, 1.165) is 45.4 Å². The largest absolute Gasteiger partial charge is 0.381 e. The van der Waals surface area contributed by atoms with Crippen LogP contribution in [0.15, 0.2) is 0 Å². The molecular formula is C13H24N2O2. The van der Waals surface area contributed by atoms with Gasteiger partial charge in [-0.05, 0) is 45.1 Å². The van der Waals surface area contributed by atoms with Crippen molar-refractivity contribution < 1.29 is 9.53 Å². The summed E-state index contributed by atoms with van der Waals surface area (Å²) in [4.78, 5) is 11.9. The van der Waals surface area contributed by atoms with Crippen molar-refractivity contribution in [2.75, 3.05) is 19.8 Å². The summed E-state index contributed by atoms with van der Waals surface area (Å²) in [6.07, 6.45) is 5.00. The van der Waals surface area contributed by atoms with Crippen molar-refractivity contribution in [3.05, 3.63) is 0 Å². The van der Waals surface area contributed by atoms with Crippen LogP contribution in [0.2, 0.25) is 0 Å². The van der Waals surface area contributed by atoms with Gasteiger partial charge in [-0.3, -0.25) is 4.79 Å². The SMILES string of the molecule is CC1NCCCC1NC(=O)CC1CCOCC1. The fourth-order valence-electron chi connectivity index (χ4n) is 2.72. The lowest BCUT2D eigenvalue weighted by atomic mass is 9.95. The topological polar surface area (TPSA) is 50.4 Å². The molecule has 0 radical (unpaired) electrons. The molecule has 98 valence electrons. The van der Waals surface area contributed by atoms with Crippen LogP contribution in [0.5, 0.6) is 0 Å².